The minimum absolute atomic E-state index is 0.0538. The topological polar surface area (TPSA) is 26.3 Å². The van der Waals surface area contributed by atoms with Crippen molar-refractivity contribution in [2.45, 2.75) is 25.6 Å². The average Bonchev–Trinajstić information content (AvgIpc) is 2.58. The zero-order chi connectivity index (χ0) is 17.6. The Labute approximate surface area is 138 Å². The summed E-state index contributed by atoms with van der Waals surface area (Å²) in [5, 5.41) is 0. The summed E-state index contributed by atoms with van der Waals surface area (Å²) in [6.45, 7) is 3.40. The lowest BCUT2D eigenvalue weighted by Gasteiger charge is -2.15. The second-order valence-corrected chi connectivity index (χ2v) is 5.27. The van der Waals surface area contributed by atoms with Gasteiger partial charge in [0, 0.05) is 6.42 Å². The maximum atomic E-state index is 13.3. The highest BCUT2D eigenvalue weighted by atomic mass is 19.4. The lowest BCUT2D eigenvalue weighted by molar-refractivity contribution is -0.139. The van der Waals surface area contributed by atoms with Gasteiger partial charge in [-0.15, -0.1) is 0 Å². The van der Waals surface area contributed by atoms with E-state index in [9.17, 15) is 18.0 Å². The molecule has 0 aliphatic heterocycles. The maximum absolute atomic E-state index is 13.3. The van der Waals surface area contributed by atoms with Crippen molar-refractivity contribution in [1.82, 2.24) is 0 Å². The first-order chi connectivity index (χ1) is 11.4. The number of alkyl halides is 3. The van der Waals surface area contributed by atoms with Crippen LogP contribution in [0.1, 0.15) is 23.1 Å². The molecule has 0 aliphatic rings. The zero-order valence-electron chi connectivity index (χ0n) is 13.0. The molecule has 0 saturated heterocycles. The summed E-state index contributed by atoms with van der Waals surface area (Å²) < 4.78 is 45.1. The number of allylic oxidation sites excluding steroid dienone is 1. The fourth-order valence-electron chi connectivity index (χ4n) is 2.18. The molecule has 0 aliphatic carbocycles. The Morgan fingerprint density at radius 2 is 1.79 bits per heavy atom. The Hall–Kier alpha value is -2.56. The lowest BCUT2D eigenvalue weighted by atomic mass is 10.0. The third-order valence-electron chi connectivity index (χ3n) is 3.47. The summed E-state index contributed by atoms with van der Waals surface area (Å²) in [5.74, 6) is -0.418. The van der Waals surface area contributed by atoms with Crippen LogP contribution in [0.4, 0.5) is 13.2 Å². The Kier molecular flexibility index (Phi) is 5.79. The normalized spacial score (nSPS) is 11.1. The van der Waals surface area contributed by atoms with Gasteiger partial charge in [0.05, 0.1) is 5.56 Å². The van der Waals surface area contributed by atoms with E-state index in [0.717, 1.165) is 11.6 Å². The van der Waals surface area contributed by atoms with Gasteiger partial charge in [0.2, 0.25) is 0 Å². The molecule has 0 fully saturated rings. The van der Waals surface area contributed by atoms with E-state index in [0.29, 0.717) is 5.56 Å². The summed E-state index contributed by atoms with van der Waals surface area (Å²) in [6.07, 6.45) is -3.00. The SMILES string of the molecule is C=CC(=O)CCc1ccc(OCc2ccccc2)c(C(F)(F)F)c1. The van der Waals surface area contributed by atoms with Crippen molar-refractivity contribution in [3.63, 3.8) is 0 Å². The molecule has 2 rings (SSSR count). The minimum atomic E-state index is -4.52. The second-order valence-electron chi connectivity index (χ2n) is 5.27. The molecule has 0 bridgehead atoms. The number of carbonyl (C=O) groups is 1. The average molecular weight is 334 g/mol. The van der Waals surface area contributed by atoms with Crippen LogP contribution >= 0.6 is 0 Å². The van der Waals surface area contributed by atoms with Gasteiger partial charge in [0.15, 0.2) is 5.78 Å². The third-order valence-corrected chi connectivity index (χ3v) is 3.47. The van der Waals surface area contributed by atoms with Crippen LogP contribution in [-0.2, 0) is 24.0 Å². The van der Waals surface area contributed by atoms with Crippen molar-refractivity contribution in [3.8, 4) is 5.75 Å². The van der Waals surface area contributed by atoms with Crippen LogP contribution in [0.5, 0.6) is 5.75 Å². The van der Waals surface area contributed by atoms with Crippen molar-refractivity contribution in [1.29, 1.82) is 0 Å². The van der Waals surface area contributed by atoms with Crippen LogP contribution in [-0.4, -0.2) is 5.78 Å². The standard InChI is InChI=1S/C19H17F3O2/c1-2-16(23)10-8-14-9-11-18(17(12-14)19(20,21)22)24-13-15-6-4-3-5-7-15/h2-7,9,11-12H,1,8,10,13H2. The molecule has 2 nitrogen and oxygen atoms in total. The van der Waals surface area contributed by atoms with Gasteiger partial charge in [0.1, 0.15) is 12.4 Å². The van der Waals surface area contributed by atoms with Crippen molar-refractivity contribution in [2.24, 2.45) is 0 Å². The monoisotopic (exact) mass is 334 g/mol. The molecule has 2 aromatic carbocycles. The van der Waals surface area contributed by atoms with E-state index in [1.807, 2.05) is 6.07 Å². The van der Waals surface area contributed by atoms with Gasteiger partial charge in [0.25, 0.3) is 0 Å². The predicted octanol–water partition coefficient (Wildman–Crippen LogP) is 4.97. The quantitative estimate of drug-likeness (QED) is 0.668. The summed E-state index contributed by atoms with van der Waals surface area (Å²) in [7, 11) is 0. The first-order valence-corrected chi connectivity index (χ1v) is 7.42. The number of hydrogen-bond donors (Lipinski definition) is 0. The molecule has 0 amide bonds. The molecule has 0 aromatic heterocycles. The van der Waals surface area contributed by atoms with Crippen molar-refractivity contribution in [2.75, 3.05) is 0 Å². The lowest BCUT2D eigenvalue weighted by Crippen LogP contribution is -2.10. The van der Waals surface area contributed by atoms with Gasteiger partial charge < -0.3 is 4.74 Å². The summed E-state index contributed by atoms with van der Waals surface area (Å²) in [5.41, 5.74) is 0.387. The number of rotatable bonds is 7. The van der Waals surface area contributed by atoms with Gasteiger partial charge in [-0.25, -0.2) is 0 Å². The molecule has 126 valence electrons. The predicted molar refractivity (Wildman–Crippen MR) is 85.7 cm³/mol. The first kappa shape index (κ1) is 17.8. The van der Waals surface area contributed by atoms with Gasteiger partial charge in [-0.3, -0.25) is 4.79 Å². The van der Waals surface area contributed by atoms with E-state index in [2.05, 4.69) is 6.58 Å². The zero-order valence-corrected chi connectivity index (χ0v) is 13.0. The maximum Gasteiger partial charge on any atom is 0.419 e. The summed E-state index contributed by atoms with van der Waals surface area (Å²) in [6, 6.07) is 12.9. The van der Waals surface area contributed by atoms with Gasteiger partial charge in [-0.2, -0.15) is 13.2 Å². The van der Waals surface area contributed by atoms with Crippen LogP contribution in [0, 0.1) is 0 Å². The molecule has 0 spiro atoms. The molecule has 24 heavy (non-hydrogen) atoms. The number of benzene rings is 2. The third kappa shape index (κ3) is 4.98. The van der Waals surface area contributed by atoms with Gasteiger partial charge in [-0.05, 0) is 35.8 Å². The molecule has 2 aromatic rings. The van der Waals surface area contributed by atoms with E-state index in [-0.39, 0.29) is 31.0 Å². The highest BCUT2D eigenvalue weighted by Crippen LogP contribution is 2.37. The summed E-state index contributed by atoms with van der Waals surface area (Å²) >= 11 is 0. The van der Waals surface area contributed by atoms with Crippen LogP contribution < -0.4 is 4.74 Å². The number of carbonyl (C=O) groups excluding carboxylic acids is 1. The Balaban J connectivity index is 2.17. The van der Waals surface area contributed by atoms with Crippen molar-refractivity contribution in [3.05, 3.63) is 77.9 Å². The first-order valence-electron chi connectivity index (χ1n) is 7.42. The fraction of sp³-hybridized carbons (Fsp3) is 0.211. The molecule has 0 saturated carbocycles. The molecule has 5 heteroatoms. The molecule has 0 heterocycles. The smallest absolute Gasteiger partial charge is 0.419 e. The fourth-order valence-corrected chi connectivity index (χ4v) is 2.18. The van der Waals surface area contributed by atoms with Crippen LogP contribution in [0.2, 0.25) is 0 Å². The highest BCUT2D eigenvalue weighted by molar-refractivity contribution is 5.89. The van der Waals surface area contributed by atoms with Crippen LogP contribution in [0.15, 0.2) is 61.2 Å². The summed E-state index contributed by atoms with van der Waals surface area (Å²) in [4.78, 5) is 11.2. The second kappa shape index (κ2) is 7.81. The van der Waals surface area contributed by atoms with E-state index in [4.69, 9.17) is 4.74 Å². The number of ether oxygens (including phenoxy) is 1. The largest absolute Gasteiger partial charge is 0.488 e. The molecule has 0 N–H and O–H groups in total. The Bertz CT molecular complexity index is 706. The Morgan fingerprint density at radius 3 is 2.42 bits per heavy atom. The highest BCUT2D eigenvalue weighted by Gasteiger charge is 2.34. The number of aryl methyl sites for hydroxylation is 1. The van der Waals surface area contributed by atoms with E-state index >= 15 is 0 Å². The Morgan fingerprint density at radius 1 is 1.08 bits per heavy atom. The molecule has 0 unspecified atom stereocenters. The van der Waals surface area contributed by atoms with E-state index < -0.39 is 11.7 Å². The molecule has 0 atom stereocenters. The van der Waals surface area contributed by atoms with Crippen LogP contribution in [0.25, 0.3) is 0 Å². The van der Waals surface area contributed by atoms with Crippen molar-refractivity contribution >= 4 is 5.78 Å². The van der Waals surface area contributed by atoms with Crippen molar-refractivity contribution < 1.29 is 22.7 Å². The molecular weight excluding hydrogens is 317 g/mol. The van der Waals surface area contributed by atoms with Gasteiger partial charge in [-0.1, -0.05) is 43.0 Å². The van der Waals surface area contributed by atoms with Gasteiger partial charge >= 0.3 is 6.18 Å². The number of ketones is 1. The molecular formula is C19H17F3O2. The van der Waals surface area contributed by atoms with Crippen LogP contribution in [0.3, 0.4) is 0 Å². The molecule has 0 radical (unpaired) electrons. The van der Waals surface area contributed by atoms with E-state index in [1.54, 1.807) is 30.3 Å². The number of halogens is 3. The number of hydrogen-bond acceptors (Lipinski definition) is 2. The minimum Gasteiger partial charge on any atom is -0.488 e. The van der Waals surface area contributed by atoms with E-state index in [1.165, 1.54) is 12.1 Å².